The second kappa shape index (κ2) is 15.7. The van der Waals surface area contributed by atoms with Gasteiger partial charge >= 0.3 is 0 Å². The van der Waals surface area contributed by atoms with Gasteiger partial charge in [-0.3, -0.25) is 4.79 Å². The highest BCUT2D eigenvalue weighted by Crippen LogP contribution is 2.05. The van der Waals surface area contributed by atoms with Crippen molar-refractivity contribution in [1.29, 1.82) is 0 Å². The molecule has 142 valence electrons. The van der Waals surface area contributed by atoms with Gasteiger partial charge in [-0.15, -0.1) is 37.2 Å². The van der Waals surface area contributed by atoms with E-state index in [0.29, 0.717) is 12.3 Å². The summed E-state index contributed by atoms with van der Waals surface area (Å²) in [5.74, 6) is 0.632. The van der Waals surface area contributed by atoms with Gasteiger partial charge in [-0.25, -0.2) is 0 Å². The third-order valence-corrected chi connectivity index (χ3v) is 3.96. The predicted molar refractivity (Wildman–Crippen MR) is 105 cm³/mol. The van der Waals surface area contributed by atoms with E-state index in [0.717, 1.165) is 39.1 Å². The predicted octanol–water partition coefficient (Wildman–Crippen LogP) is 1.77. The summed E-state index contributed by atoms with van der Waals surface area (Å²) in [6.07, 6.45) is 1.30. The molecule has 1 fully saturated rings. The highest BCUT2D eigenvalue weighted by atomic mass is 35.5. The monoisotopic (exact) mass is 392 g/mol. The molecule has 0 aromatic carbocycles. The number of hydrogen-bond donors (Lipinski definition) is 2. The summed E-state index contributed by atoms with van der Waals surface area (Å²) in [7, 11) is 0. The Balaban J connectivity index is -0.00000133. The number of likely N-dealkylation sites (N-methyl/N-ethyl adjacent to an activating group) is 1. The standard InChI is InChI=1S/C15H32N4O.3ClH/c1-4-18-7-9-19(10-8-18)12-13(2)11-17-15(20)6-5-14(3)16;;;/h13-14H,4-12,16H2,1-3H3,(H,17,20);3*1H. The quantitative estimate of drug-likeness (QED) is 0.660. The SMILES string of the molecule is CCN1CCN(CC(C)CNC(=O)CCC(C)N)CC1.Cl.Cl.Cl. The normalized spacial score (nSPS) is 17.9. The van der Waals surface area contributed by atoms with Crippen molar-refractivity contribution >= 4 is 43.1 Å². The van der Waals surface area contributed by atoms with Crippen LogP contribution in [0, 0.1) is 5.92 Å². The molecule has 0 spiro atoms. The van der Waals surface area contributed by atoms with Crippen molar-refractivity contribution in [2.45, 2.75) is 39.7 Å². The fourth-order valence-electron chi connectivity index (χ4n) is 2.53. The molecule has 0 aliphatic carbocycles. The second-order valence-corrected chi connectivity index (χ2v) is 6.16. The zero-order valence-electron chi connectivity index (χ0n) is 14.6. The highest BCUT2D eigenvalue weighted by Gasteiger charge is 2.17. The van der Waals surface area contributed by atoms with Crippen LogP contribution in [-0.2, 0) is 4.79 Å². The van der Waals surface area contributed by atoms with Crippen molar-refractivity contribution in [3.05, 3.63) is 0 Å². The van der Waals surface area contributed by atoms with Crippen molar-refractivity contribution < 1.29 is 4.79 Å². The molecule has 1 amide bonds. The van der Waals surface area contributed by atoms with Gasteiger partial charge in [-0.05, 0) is 25.8 Å². The number of halogens is 3. The third kappa shape index (κ3) is 13.2. The lowest BCUT2D eigenvalue weighted by Gasteiger charge is -2.35. The number of rotatable bonds is 8. The maximum Gasteiger partial charge on any atom is 0.220 e. The lowest BCUT2D eigenvalue weighted by atomic mass is 10.1. The average Bonchev–Trinajstić information content (AvgIpc) is 2.43. The number of amides is 1. The summed E-state index contributed by atoms with van der Waals surface area (Å²) >= 11 is 0. The number of nitrogens with zero attached hydrogens (tertiary/aromatic N) is 2. The third-order valence-electron chi connectivity index (χ3n) is 3.96. The first-order valence-corrected chi connectivity index (χ1v) is 7.98. The fourth-order valence-corrected chi connectivity index (χ4v) is 2.53. The van der Waals surface area contributed by atoms with Crippen LogP contribution in [0.5, 0.6) is 0 Å². The molecule has 3 N–H and O–H groups in total. The summed E-state index contributed by atoms with van der Waals surface area (Å²) in [4.78, 5) is 16.6. The van der Waals surface area contributed by atoms with Crippen LogP contribution < -0.4 is 11.1 Å². The Hall–Kier alpha value is 0.220. The smallest absolute Gasteiger partial charge is 0.220 e. The molecule has 0 aromatic rings. The van der Waals surface area contributed by atoms with E-state index in [2.05, 4.69) is 29.0 Å². The van der Waals surface area contributed by atoms with Gasteiger partial charge in [0.05, 0.1) is 0 Å². The van der Waals surface area contributed by atoms with Crippen LogP contribution >= 0.6 is 37.2 Å². The van der Waals surface area contributed by atoms with E-state index in [4.69, 9.17) is 5.73 Å². The second-order valence-electron chi connectivity index (χ2n) is 6.16. The van der Waals surface area contributed by atoms with Crippen molar-refractivity contribution in [2.24, 2.45) is 11.7 Å². The van der Waals surface area contributed by atoms with Gasteiger partial charge < -0.3 is 20.9 Å². The molecule has 8 heteroatoms. The van der Waals surface area contributed by atoms with Gasteiger partial charge in [0.25, 0.3) is 0 Å². The van der Waals surface area contributed by atoms with Crippen molar-refractivity contribution in [1.82, 2.24) is 15.1 Å². The molecule has 0 radical (unpaired) electrons. The van der Waals surface area contributed by atoms with Crippen LogP contribution in [0.1, 0.15) is 33.6 Å². The number of nitrogens with one attached hydrogen (secondary N) is 1. The molecule has 23 heavy (non-hydrogen) atoms. The van der Waals surface area contributed by atoms with Crippen LogP contribution in [-0.4, -0.2) is 67.6 Å². The van der Waals surface area contributed by atoms with Crippen LogP contribution in [0.2, 0.25) is 0 Å². The Kier molecular flexibility index (Phi) is 19.2. The molecule has 1 heterocycles. The molecule has 5 nitrogen and oxygen atoms in total. The molecular formula is C15H35Cl3N4O. The average molecular weight is 394 g/mol. The van der Waals surface area contributed by atoms with E-state index in [-0.39, 0.29) is 49.2 Å². The van der Waals surface area contributed by atoms with Crippen molar-refractivity contribution in [2.75, 3.05) is 45.8 Å². The molecule has 0 bridgehead atoms. The summed E-state index contributed by atoms with van der Waals surface area (Å²) in [6.45, 7) is 14.0. The van der Waals surface area contributed by atoms with E-state index >= 15 is 0 Å². The zero-order chi connectivity index (χ0) is 15.0. The molecule has 2 unspecified atom stereocenters. The van der Waals surface area contributed by atoms with Gasteiger partial charge in [0.1, 0.15) is 0 Å². The summed E-state index contributed by atoms with van der Waals surface area (Å²) in [6, 6.07) is 0.105. The van der Waals surface area contributed by atoms with Gasteiger partial charge in [0.15, 0.2) is 0 Å². The number of carbonyl (C=O) groups is 1. The molecular weight excluding hydrogens is 359 g/mol. The fraction of sp³-hybridized carbons (Fsp3) is 0.933. The van der Waals surface area contributed by atoms with Crippen molar-refractivity contribution in [3.8, 4) is 0 Å². The van der Waals surface area contributed by atoms with Gasteiger partial charge in [0.2, 0.25) is 5.91 Å². The largest absolute Gasteiger partial charge is 0.356 e. The van der Waals surface area contributed by atoms with Gasteiger partial charge in [-0.2, -0.15) is 0 Å². The van der Waals surface area contributed by atoms with Crippen LogP contribution in [0.3, 0.4) is 0 Å². The molecule has 1 aliphatic rings. The minimum Gasteiger partial charge on any atom is -0.356 e. The lowest BCUT2D eigenvalue weighted by molar-refractivity contribution is -0.121. The van der Waals surface area contributed by atoms with E-state index in [1.807, 2.05) is 6.92 Å². The first-order chi connectivity index (χ1) is 9.51. The number of carbonyl (C=O) groups excluding carboxylic acids is 1. The molecule has 0 aromatic heterocycles. The number of hydrogen-bond acceptors (Lipinski definition) is 4. The zero-order valence-corrected chi connectivity index (χ0v) is 17.1. The van der Waals surface area contributed by atoms with Gasteiger partial charge in [-0.1, -0.05) is 13.8 Å². The molecule has 1 saturated heterocycles. The van der Waals surface area contributed by atoms with E-state index in [1.165, 1.54) is 13.1 Å². The first-order valence-electron chi connectivity index (χ1n) is 7.98. The van der Waals surface area contributed by atoms with Crippen LogP contribution in [0.4, 0.5) is 0 Å². The van der Waals surface area contributed by atoms with E-state index < -0.39 is 0 Å². The highest BCUT2D eigenvalue weighted by molar-refractivity contribution is 5.86. The Bertz CT molecular complexity index is 288. The molecule has 1 rings (SSSR count). The minimum absolute atomic E-state index is 0. The van der Waals surface area contributed by atoms with E-state index in [1.54, 1.807) is 0 Å². The summed E-state index contributed by atoms with van der Waals surface area (Å²) in [5.41, 5.74) is 5.65. The topological polar surface area (TPSA) is 61.6 Å². The number of nitrogens with two attached hydrogens (primary N) is 1. The van der Waals surface area contributed by atoms with Gasteiger partial charge in [0, 0.05) is 51.7 Å². The lowest BCUT2D eigenvalue weighted by Crippen LogP contribution is -2.48. The van der Waals surface area contributed by atoms with E-state index in [9.17, 15) is 4.79 Å². The summed E-state index contributed by atoms with van der Waals surface area (Å²) < 4.78 is 0. The Morgan fingerprint density at radius 1 is 1.09 bits per heavy atom. The maximum atomic E-state index is 11.6. The van der Waals surface area contributed by atoms with Crippen LogP contribution in [0.25, 0.3) is 0 Å². The Morgan fingerprint density at radius 2 is 1.61 bits per heavy atom. The van der Waals surface area contributed by atoms with Crippen molar-refractivity contribution in [3.63, 3.8) is 0 Å². The summed E-state index contributed by atoms with van der Waals surface area (Å²) in [5, 5.41) is 3.02. The Morgan fingerprint density at radius 3 is 2.09 bits per heavy atom. The Labute approximate surface area is 160 Å². The molecule has 0 saturated carbocycles. The first kappa shape index (κ1) is 28.0. The number of piperazine rings is 1. The molecule has 1 aliphatic heterocycles. The molecule has 2 atom stereocenters. The maximum absolute atomic E-state index is 11.6. The minimum atomic E-state index is 0. The van der Waals surface area contributed by atoms with Crippen LogP contribution in [0.15, 0.2) is 0 Å².